The van der Waals surface area contributed by atoms with Crippen LogP contribution in [0.4, 0.5) is 0 Å². The van der Waals surface area contributed by atoms with Gasteiger partial charge in [-0.05, 0) is 35.6 Å². The summed E-state index contributed by atoms with van der Waals surface area (Å²) < 4.78 is 0. The van der Waals surface area contributed by atoms with Crippen LogP contribution < -0.4 is 0 Å². The standard InChI is InChI=1S/C12H9ClN2/c13-12-14-7-9-6-5-8-3-1-2-4-10(8)11(9)15-12/h1-4,7H,5-6H2. The molecule has 1 aromatic heterocycles. The highest BCUT2D eigenvalue weighted by molar-refractivity contribution is 6.28. The van der Waals surface area contributed by atoms with Crippen molar-refractivity contribution in [3.05, 3.63) is 46.9 Å². The molecule has 3 rings (SSSR count). The summed E-state index contributed by atoms with van der Waals surface area (Å²) in [6, 6.07) is 8.33. The van der Waals surface area contributed by atoms with E-state index in [2.05, 4.69) is 28.2 Å². The number of rotatable bonds is 0. The fraction of sp³-hybridized carbons (Fsp3) is 0.167. The van der Waals surface area contributed by atoms with Gasteiger partial charge in [0.25, 0.3) is 0 Å². The SMILES string of the molecule is Clc1ncc2c(n1)-c1ccccc1CC2. The highest BCUT2D eigenvalue weighted by Gasteiger charge is 2.17. The first-order valence-corrected chi connectivity index (χ1v) is 5.32. The summed E-state index contributed by atoms with van der Waals surface area (Å²) in [5.74, 6) is 0. The van der Waals surface area contributed by atoms with Crippen LogP contribution in [0.2, 0.25) is 5.28 Å². The molecule has 0 N–H and O–H groups in total. The monoisotopic (exact) mass is 216 g/mol. The van der Waals surface area contributed by atoms with Gasteiger partial charge in [-0.3, -0.25) is 0 Å². The van der Waals surface area contributed by atoms with E-state index in [1.165, 1.54) is 16.7 Å². The van der Waals surface area contributed by atoms with Crippen LogP contribution in [-0.4, -0.2) is 9.97 Å². The Bertz CT molecular complexity index is 523. The molecule has 0 amide bonds. The molecule has 0 spiro atoms. The molecule has 1 aliphatic carbocycles. The lowest BCUT2D eigenvalue weighted by molar-refractivity contribution is 0.910. The number of fused-ring (bicyclic) bond motifs is 3. The van der Waals surface area contributed by atoms with Crippen molar-refractivity contribution >= 4 is 11.6 Å². The average Bonchev–Trinajstić information content (AvgIpc) is 2.29. The van der Waals surface area contributed by atoms with E-state index in [1.54, 1.807) is 0 Å². The van der Waals surface area contributed by atoms with E-state index in [0.717, 1.165) is 18.5 Å². The molecule has 0 atom stereocenters. The van der Waals surface area contributed by atoms with Gasteiger partial charge < -0.3 is 0 Å². The summed E-state index contributed by atoms with van der Waals surface area (Å²) in [4.78, 5) is 8.33. The Balaban J connectivity index is 2.28. The predicted molar refractivity (Wildman–Crippen MR) is 59.9 cm³/mol. The second-order valence-electron chi connectivity index (χ2n) is 3.67. The molecule has 0 saturated heterocycles. The zero-order valence-corrected chi connectivity index (χ0v) is 8.83. The molecule has 0 fully saturated rings. The number of hydrogen-bond acceptors (Lipinski definition) is 2. The second-order valence-corrected chi connectivity index (χ2v) is 4.01. The highest BCUT2D eigenvalue weighted by Crippen LogP contribution is 2.31. The first-order chi connectivity index (χ1) is 7.34. The van der Waals surface area contributed by atoms with Crippen LogP contribution in [0.25, 0.3) is 11.3 Å². The minimum absolute atomic E-state index is 0.324. The third kappa shape index (κ3) is 1.41. The smallest absolute Gasteiger partial charge is 0.222 e. The maximum atomic E-state index is 5.82. The van der Waals surface area contributed by atoms with Gasteiger partial charge in [-0.25, -0.2) is 9.97 Å². The molecule has 0 bridgehead atoms. The van der Waals surface area contributed by atoms with E-state index < -0.39 is 0 Å². The van der Waals surface area contributed by atoms with Crippen LogP contribution in [0, 0.1) is 0 Å². The predicted octanol–water partition coefficient (Wildman–Crippen LogP) is 2.90. The number of nitrogens with zero attached hydrogens (tertiary/aromatic N) is 2. The van der Waals surface area contributed by atoms with Gasteiger partial charge in [0, 0.05) is 11.8 Å². The quantitative estimate of drug-likeness (QED) is 0.633. The van der Waals surface area contributed by atoms with Crippen molar-refractivity contribution in [3.8, 4) is 11.3 Å². The van der Waals surface area contributed by atoms with Gasteiger partial charge in [0.15, 0.2) is 0 Å². The van der Waals surface area contributed by atoms with Crippen molar-refractivity contribution in [2.24, 2.45) is 0 Å². The lowest BCUT2D eigenvalue weighted by atomic mass is 9.90. The first-order valence-electron chi connectivity index (χ1n) is 4.94. The van der Waals surface area contributed by atoms with E-state index in [0.29, 0.717) is 5.28 Å². The topological polar surface area (TPSA) is 25.8 Å². The number of aromatic nitrogens is 2. The van der Waals surface area contributed by atoms with Crippen LogP contribution in [0.1, 0.15) is 11.1 Å². The number of benzene rings is 1. The van der Waals surface area contributed by atoms with Gasteiger partial charge in [0.2, 0.25) is 5.28 Å². The van der Waals surface area contributed by atoms with Gasteiger partial charge in [-0.2, -0.15) is 0 Å². The van der Waals surface area contributed by atoms with Crippen LogP contribution in [0.3, 0.4) is 0 Å². The molecule has 2 nitrogen and oxygen atoms in total. The summed E-state index contributed by atoms with van der Waals surface area (Å²) in [6.07, 6.45) is 3.90. The summed E-state index contributed by atoms with van der Waals surface area (Å²) in [5, 5.41) is 0.324. The Morgan fingerprint density at radius 3 is 2.80 bits per heavy atom. The molecular formula is C12H9ClN2. The molecule has 2 aromatic rings. The number of halogens is 1. The fourth-order valence-electron chi connectivity index (χ4n) is 2.04. The number of hydrogen-bond donors (Lipinski definition) is 0. The van der Waals surface area contributed by atoms with Crippen molar-refractivity contribution in [2.75, 3.05) is 0 Å². The van der Waals surface area contributed by atoms with E-state index in [4.69, 9.17) is 11.6 Å². The molecular weight excluding hydrogens is 208 g/mol. The molecule has 0 radical (unpaired) electrons. The van der Waals surface area contributed by atoms with Crippen molar-refractivity contribution < 1.29 is 0 Å². The first kappa shape index (κ1) is 8.86. The maximum Gasteiger partial charge on any atom is 0.222 e. The molecule has 74 valence electrons. The lowest BCUT2D eigenvalue weighted by Crippen LogP contribution is -2.06. The van der Waals surface area contributed by atoms with Gasteiger partial charge in [0.05, 0.1) is 5.69 Å². The second kappa shape index (κ2) is 3.31. The van der Waals surface area contributed by atoms with Crippen LogP contribution in [0.5, 0.6) is 0 Å². The minimum atomic E-state index is 0.324. The van der Waals surface area contributed by atoms with Crippen molar-refractivity contribution in [3.63, 3.8) is 0 Å². The van der Waals surface area contributed by atoms with Crippen LogP contribution in [0.15, 0.2) is 30.5 Å². The Morgan fingerprint density at radius 1 is 1.07 bits per heavy atom. The van der Waals surface area contributed by atoms with E-state index in [-0.39, 0.29) is 0 Å². The normalized spacial score (nSPS) is 13.1. The highest BCUT2D eigenvalue weighted by atomic mass is 35.5. The van der Waals surface area contributed by atoms with Crippen molar-refractivity contribution in [2.45, 2.75) is 12.8 Å². The maximum absolute atomic E-state index is 5.82. The van der Waals surface area contributed by atoms with Gasteiger partial charge >= 0.3 is 0 Å². The molecule has 15 heavy (non-hydrogen) atoms. The van der Waals surface area contributed by atoms with Gasteiger partial charge in [-0.15, -0.1) is 0 Å². The van der Waals surface area contributed by atoms with Crippen molar-refractivity contribution in [1.82, 2.24) is 9.97 Å². The van der Waals surface area contributed by atoms with Crippen molar-refractivity contribution in [1.29, 1.82) is 0 Å². The Morgan fingerprint density at radius 2 is 1.87 bits per heavy atom. The zero-order chi connectivity index (χ0) is 10.3. The summed E-state index contributed by atoms with van der Waals surface area (Å²) in [7, 11) is 0. The molecule has 3 heteroatoms. The summed E-state index contributed by atoms with van der Waals surface area (Å²) >= 11 is 5.82. The third-order valence-electron chi connectivity index (χ3n) is 2.77. The Hall–Kier alpha value is -1.41. The Labute approximate surface area is 93.0 Å². The van der Waals surface area contributed by atoms with E-state index in [1.807, 2.05) is 12.3 Å². The lowest BCUT2D eigenvalue weighted by Gasteiger charge is -2.17. The van der Waals surface area contributed by atoms with Gasteiger partial charge in [0.1, 0.15) is 0 Å². The number of aryl methyl sites for hydroxylation is 2. The average molecular weight is 217 g/mol. The molecule has 0 unspecified atom stereocenters. The van der Waals surface area contributed by atoms with E-state index >= 15 is 0 Å². The largest absolute Gasteiger partial charge is 0.226 e. The van der Waals surface area contributed by atoms with Crippen LogP contribution >= 0.6 is 11.6 Å². The molecule has 1 aromatic carbocycles. The Kier molecular flexibility index (Phi) is 1.96. The zero-order valence-electron chi connectivity index (χ0n) is 8.07. The third-order valence-corrected chi connectivity index (χ3v) is 2.95. The molecule has 0 aliphatic heterocycles. The minimum Gasteiger partial charge on any atom is -0.226 e. The van der Waals surface area contributed by atoms with Gasteiger partial charge in [-0.1, -0.05) is 24.3 Å². The molecule has 0 saturated carbocycles. The summed E-state index contributed by atoms with van der Waals surface area (Å²) in [6.45, 7) is 0. The molecule has 1 heterocycles. The fourth-order valence-corrected chi connectivity index (χ4v) is 2.17. The summed E-state index contributed by atoms with van der Waals surface area (Å²) in [5.41, 5.74) is 4.73. The molecule has 1 aliphatic rings. The van der Waals surface area contributed by atoms with E-state index in [9.17, 15) is 0 Å². The van der Waals surface area contributed by atoms with Crippen LogP contribution in [-0.2, 0) is 12.8 Å².